The van der Waals surface area contributed by atoms with Gasteiger partial charge in [0.05, 0.1) is 5.52 Å². The van der Waals surface area contributed by atoms with E-state index in [0.717, 1.165) is 28.6 Å². The number of rotatable bonds is 6. The van der Waals surface area contributed by atoms with E-state index in [9.17, 15) is 9.59 Å². The molecule has 5 nitrogen and oxygen atoms in total. The molecular formula is C19H21N3O2S. The molecule has 130 valence electrons. The summed E-state index contributed by atoms with van der Waals surface area (Å²) in [6, 6.07) is 10.8. The van der Waals surface area contributed by atoms with Gasteiger partial charge in [0.25, 0.3) is 0 Å². The number of hydrogen-bond donors (Lipinski definition) is 2. The van der Waals surface area contributed by atoms with Crippen molar-refractivity contribution in [3.63, 3.8) is 0 Å². The Kier molecular flexibility index (Phi) is 5.28. The molecule has 0 radical (unpaired) electrons. The van der Waals surface area contributed by atoms with E-state index in [2.05, 4.69) is 10.3 Å². The summed E-state index contributed by atoms with van der Waals surface area (Å²) >= 11 is 1.72. The maximum Gasteiger partial charge on any atom is 0.248 e. The van der Waals surface area contributed by atoms with Gasteiger partial charge >= 0.3 is 0 Å². The first-order valence-electron chi connectivity index (χ1n) is 8.14. The average Bonchev–Trinajstić information content (AvgIpc) is 3.09. The Bertz CT molecular complexity index is 931. The topological polar surface area (TPSA) is 66.9 Å². The number of aromatic nitrogens is 2. The molecule has 0 fully saturated rings. The third kappa shape index (κ3) is 3.96. The van der Waals surface area contributed by atoms with Crippen molar-refractivity contribution in [2.45, 2.75) is 19.4 Å². The number of fused-ring (bicyclic) bond motifs is 1. The Morgan fingerprint density at radius 2 is 2.04 bits per heavy atom. The first-order chi connectivity index (χ1) is 12.1. The number of aryl methyl sites for hydroxylation is 1. The van der Waals surface area contributed by atoms with Gasteiger partial charge < -0.3 is 14.9 Å². The van der Waals surface area contributed by atoms with Crippen LogP contribution in [0.4, 0.5) is 5.69 Å². The van der Waals surface area contributed by atoms with Crippen LogP contribution in [0.1, 0.15) is 18.0 Å². The van der Waals surface area contributed by atoms with Crippen LogP contribution < -0.4 is 10.9 Å². The van der Waals surface area contributed by atoms with Crippen molar-refractivity contribution in [1.29, 1.82) is 0 Å². The molecule has 2 aromatic heterocycles. The summed E-state index contributed by atoms with van der Waals surface area (Å²) < 4.78 is 1.93. The van der Waals surface area contributed by atoms with Gasteiger partial charge in [0.1, 0.15) is 6.04 Å². The zero-order chi connectivity index (χ0) is 17.8. The van der Waals surface area contributed by atoms with E-state index in [-0.39, 0.29) is 17.5 Å². The van der Waals surface area contributed by atoms with Gasteiger partial charge in [-0.25, -0.2) is 0 Å². The van der Waals surface area contributed by atoms with Crippen molar-refractivity contribution in [3.8, 4) is 0 Å². The van der Waals surface area contributed by atoms with E-state index < -0.39 is 0 Å². The van der Waals surface area contributed by atoms with Crippen molar-refractivity contribution in [2.75, 3.05) is 17.3 Å². The molecule has 2 heterocycles. The summed E-state index contributed by atoms with van der Waals surface area (Å²) in [6.45, 7) is 1.90. The number of hydrogen-bond acceptors (Lipinski definition) is 3. The number of aromatic amines is 1. The van der Waals surface area contributed by atoms with Crippen molar-refractivity contribution < 1.29 is 4.79 Å². The third-order valence-corrected chi connectivity index (χ3v) is 4.85. The molecular weight excluding hydrogens is 334 g/mol. The molecule has 0 spiro atoms. The maximum atomic E-state index is 12.8. The van der Waals surface area contributed by atoms with E-state index in [1.807, 2.05) is 60.5 Å². The van der Waals surface area contributed by atoms with Gasteiger partial charge in [0, 0.05) is 29.5 Å². The maximum absolute atomic E-state index is 12.8. The summed E-state index contributed by atoms with van der Waals surface area (Å²) in [5, 5.41) is 3.95. The highest BCUT2D eigenvalue weighted by atomic mass is 32.2. The van der Waals surface area contributed by atoms with E-state index in [1.54, 1.807) is 17.8 Å². The summed E-state index contributed by atoms with van der Waals surface area (Å²) in [7, 11) is 0. The lowest BCUT2D eigenvalue weighted by Gasteiger charge is -2.18. The Labute approximate surface area is 150 Å². The molecule has 25 heavy (non-hydrogen) atoms. The minimum Gasteiger partial charge on any atom is -0.342 e. The number of amides is 1. The lowest BCUT2D eigenvalue weighted by molar-refractivity contribution is -0.119. The largest absolute Gasteiger partial charge is 0.342 e. The van der Waals surface area contributed by atoms with Gasteiger partial charge in [0.2, 0.25) is 11.5 Å². The molecule has 3 rings (SSSR count). The SMILES string of the molecule is CSCCC(C(=O)Nc1ccc2c(C)cc(=O)[nH]c2c1)n1cccc1. The number of benzene rings is 1. The fourth-order valence-corrected chi connectivity index (χ4v) is 3.40. The molecule has 0 aliphatic heterocycles. The Hall–Kier alpha value is -2.47. The highest BCUT2D eigenvalue weighted by Gasteiger charge is 2.19. The number of pyridine rings is 1. The molecule has 2 N–H and O–H groups in total. The van der Waals surface area contributed by atoms with Crippen LogP contribution in [0.3, 0.4) is 0 Å². The van der Waals surface area contributed by atoms with Crippen molar-refractivity contribution in [1.82, 2.24) is 9.55 Å². The zero-order valence-electron chi connectivity index (χ0n) is 14.3. The van der Waals surface area contributed by atoms with Crippen LogP contribution in [-0.4, -0.2) is 27.5 Å². The molecule has 0 aliphatic carbocycles. The molecule has 1 unspecified atom stereocenters. The molecule has 1 aromatic carbocycles. The first kappa shape index (κ1) is 17.4. The predicted octanol–water partition coefficient (Wildman–Crippen LogP) is 3.57. The van der Waals surface area contributed by atoms with Crippen LogP contribution in [-0.2, 0) is 4.79 Å². The number of H-pyrrole nitrogens is 1. The van der Waals surface area contributed by atoms with Gasteiger partial charge in [-0.3, -0.25) is 9.59 Å². The van der Waals surface area contributed by atoms with Crippen LogP contribution in [0.25, 0.3) is 10.9 Å². The monoisotopic (exact) mass is 355 g/mol. The molecule has 0 bridgehead atoms. The van der Waals surface area contributed by atoms with Crippen LogP contribution in [0.5, 0.6) is 0 Å². The van der Waals surface area contributed by atoms with Gasteiger partial charge in [-0.2, -0.15) is 11.8 Å². The Morgan fingerprint density at radius 3 is 2.76 bits per heavy atom. The van der Waals surface area contributed by atoms with E-state index >= 15 is 0 Å². The van der Waals surface area contributed by atoms with Crippen LogP contribution >= 0.6 is 11.8 Å². The number of anilines is 1. The Morgan fingerprint density at radius 1 is 1.28 bits per heavy atom. The molecule has 1 amide bonds. The van der Waals surface area contributed by atoms with Gasteiger partial charge in [0.15, 0.2) is 0 Å². The lowest BCUT2D eigenvalue weighted by atomic mass is 10.1. The quantitative estimate of drug-likeness (QED) is 0.710. The first-order valence-corrected chi connectivity index (χ1v) is 9.54. The summed E-state index contributed by atoms with van der Waals surface area (Å²) in [4.78, 5) is 27.3. The fourth-order valence-electron chi connectivity index (χ4n) is 2.94. The molecule has 0 saturated carbocycles. The smallest absolute Gasteiger partial charge is 0.248 e. The molecule has 0 aliphatic rings. The summed E-state index contributed by atoms with van der Waals surface area (Å²) in [5.41, 5.74) is 2.19. The minimum atomic E-state index is -0.255. The number of carbonyl (C=O) groups is 1. The van der Waals surface area contributed by atoms with Gasteiger partial charge in [-0.15, -0.1) is 0 Å². The molecule has 6 heteroatoms. The summed E-state index contributed by atoms with van der Waals surface area (Å²) in [5.74, 6) is 0.847. The normalized spacial score (nSPS) is 12.2. The molecule has 0 saturated heterocycles. The van der Waals surface area contributed by atoms with E-state index in [4.69, 9.17) is 0 Å². The van der Waals surface area contributed by atoms with E-state index in [1.165, 1.54) is 0 Å². The Balaban J connectivity index is 1.85. The van der Waals surface area contributed by atoms with Crippen LogP contribution in [0.15, 0.2) is 53.6 Å². The number of carbonyl (C=O) groups excluding carboxylic acids is 1. The molecule has 1 atom stereocenters. The predicted molar refractivity (Wildman–Crippen MR) is 104 cm³/mol. The zero-order valence-corrected chi connectivity index (χ0v) is 15.1. The average molecular weight is 355 g/mol. The number of nitrogens with zero attached hydrogens (tertiary/aromatic N) is 1. The minimum absolute atomic E-state index is 0.0559. The highest BCUT2D eigenvalue weighted by Crippen LogP contribution is 2.22. The van der Waals surface area contributed by atoms with Crippen LogP contribution in [0, 0.1) is 6.92 Å². The fraction of sp³-hybridized carbons (Fsp3) is 0.263. The highest BCUT2D eigenvalue weighted by molar-refractivity contribution is 7.98. The second kappa shape index (κ2) is 7.61. The van der Waals surface area contributed by atoms with Crippen molar-refractivity contribution in [2.24, 2.45) is 0 Å². The number of thioether (sulfide) groups is 1. The van der Waals surface area contributed by atoms with Gasteiger partial charge in [-0.1, -0.05) is 6.07 Å². The van der Waals surface area contributed by atoms with Crippen LogP contribution in [0.2, 0.25) is 0 Å². The third-order valence-electron chi connectivity index (χ3n) is 4.20. The number of nitrogens with one attached hydrogen (secondary N) is 2. The van der Waals surface area contributed by atoms with Gasteiger partial charge in [-0.05, 0) is 55.2 Å². The lowest BCUT2D eigenvalue weighted by Crippen LogP contribution is -2.26. The standard InChI is InChI=1S/C19H21N3O2S/c1-13-11-18(23)21-16-12-14(5-6-15(13)16)20-19(24)17(7-10-25-2)22-8-3-4-9-22/h3-6,8-9,11-12,17H,7,10H2,1-2H3,(H,20,24)(H,21,23). The van der Waals surface area contributed by atoms with Crippen molar-refractivity contribution in [3.05, 3.63) is 64.7 Å². The summed E-state index contributed by atoms with van der Waals surface area (Å²) in [6.07, 6.45) is 6.61. The van der Waals surface area contributed by atoms with Crippen molar-refractivity contribution >= 4 is 34.3 Å². The molecule has 3 aromatic rings. The van der Waals surface area contributed by atoms with E-state index in [0.29, 0.717) is 5.69 Å². The second-order valence-electron chi connectivity index (χ2n) is 5.99. The second-order valence-corrected chi connectivity index (χ2v) is 6.98.